The highest BCUT2D eigenvalue weighted by Gasteiger charge is 2.42. The standard InChI is InChI=1S/C18H35N3/c1-4-9-19-17-15(7-8-18(17,2)3)14-20-10-12-21(13-11-20)16-5-6-16/h15-17,19H,4-14H2,1-3H3. The van der Waals surface area contributed by atoms with Crippen LogP contribution >= 0.6 is 0 Å². The van der Waals surface area contributed by atoms with Crippen LogP contribution in [-0.2, 0) is 0 Å². The average Bonchev–Trinajstić information content (AvgIpc) is 3.26. The summed E-state index contributed by atoms with van der Waals surface area (Å²) in [6.45, 7) is 14.9. The third-order valence-electron chi connectivity index (χ3n) is 6.05. The Hall–Kier alpha value is -0.120. The molecule has 2 aliphatic carbocycles. The minimum Gasteiger partial charge on any atom is -0.313 e. The fraction of sp³-hybridized carbons (Fsp3) is 1.00. The van der Waals surface area contributed by atoms with E-state index < -0.39 is 0 Å². The van der Waals surface area contributed by atoms with Crippen molar-refractivity contribution in [1.82, 2.24) is 15.1 Å². The van der Waals surface area contributed by atoms with Crippen LogP contribution in [0, 0.1) is 11.3 Å². The Balaban J connectivity index is 1.49. The lowest BCUT2D eigenvalue weighted by Crippen LogP contribution is -2.51. The molecule has 3 fully saturated rings. The molecule has 3 nitrogen and oxygen atoms in total. The quantitative estimate of drug-likeness (QED) is 0.812. The van der Waals surface area contributed by atoms with Crippen LogP contribution < -0.4 is 5.32 Å². The van der Waals surface area contributed by atoms with E-state index in [0.29, 0.717) is 5.41 Å². The second kappa shape index (κ2) is 6.55. The van der Waals surface area contributed by atoms with Crippen molar-refractivity contribution < 1.29 is 0 Å². The van der Waals surface area contributed by atoms with Crippen LogP contribution in [0.15, 0.2) is 0 Å². The minimum absolute atomic E-state index is 0.482. The highest BCUT2D eigenvalue weighted by molar-refractivity contribution is 4.97. The summed E-state index contributed by atoms with van der Waals surface area (Å²) < 4.78 is 0. The molecule has 0 bridgehead atoms. The van der Waals surface area contributed by atoms with E-state index in [-0.39, 0.29) is 0 Å². The van der Waals surface area contributed by atoms with Crippen molar-refractivity contribution in [3.8, 4) is 0 Å². The van der Waals surface area contributed by atoms with Crippen molar-refractivity contribution in [2.45, 2.75) is 65.0 Å². The Morgan fingerprint density at radius 3 is 2.38 bits per heavy atom. The molecule has 122 valence electrons. The van der Waals surface area contributed by atoms with E-state index >= 15 is 0 Å². The van der Waals surface area contributed by atoms with Gasteiger partial charge < -0.3 is 10.2 Å². The molecule has 2 saturated carbocycles. The fourth-order valence-electron chi connectivity index (χ4n) is 4.54. The topological polar surface area (TPSA) is 18.5 Å². The van der Waals surface area contributed by atoms with Gasteiger partial charge in [-0.1, -0.05) is 20.8 Å². The van der Waals surface area contributed by atoms with Gasteiger partial charge in [0.15, 0.2) is 0 Å². The molecule has 1 heterocycles. The lowest BCUT2D eigenvalue weighted by atomic mass is 9.84. The zero-order valence-electron chi connectivity index (χ0n) is 14.4. The Morgan fingerprint density at radius 2 is 1.76 bits per heavy atom. The molecule has 0 aromatic rings. The van der Waals surface area contributed by atoms with Gasteiger partial charge >= 0.3 is 0 Å². The largest absolute Gasteiger partial charge is 0.313 e. The summed E-state index contributed by atoms with van der Waals surface area (Å²) in [7, 11) is 0. The highest BCUT2D eigenvalue weighted by atomic mass is 15.3. The van der Waals surface area contributed by atoms with E-state index in [1.54, 1.807) is 0 Å². The van der Waals surface area contributed by atoms with Crippen molar-refractivity contribution in [1.29, 1.82) is 0 Å². The molecule has 1 saturated heterocycles. The summed E-state index contributed by atoms with van der Waals surface area (Å²) in [4.78, 5) is 5.47. The molecule has 2 unspecified atom stereocenters. The van der Waals surface area contributed by atoms with Gasteiger partial charge in [0.25, 0.3) is 0 Å². The molecule has 3 heteroatoms. The number of nitrogens with one attached hydrogen (secondary N) is 1. The van der Waals surface area contributed by atoms with Gasteiger partial charge in [0.1, 0.15) is 0 Å². The van der Waals surface area contributed by atoms with Gasteiger partial charge in [-0.05, 0) is 50.0 Å². The Morgan fingerprint density at radius 1 is 1.05 bits per heavy atom. The maximum atomic E-state index is 3.86. The second-order valence-electron chi connectivity index (χ2n) is 8.29. The fourth-order valence-corrected chi connectivity index (χ4v) is 4.54. The van der Waals surface area contributed by atoms with Gasteiger partial charge in [0.2, 0.25) is 0 Å². The van der Waals surface area contributed by atoms with Gasteiger partial charge in [-0.3, -0.25) is 4.90 Å². The third-order valence-corrected chi connectivity index (χ3v) is 6.05. The lowest BCUT2D eigenvalue weighted by Gasteiger charge is -2.38. The van der Waals surface area contributed by atoms with Crippen molar-refractivity contribution in [2.24, 2.45) is 11.3 Å². The van der Waals surface area contributed by atoms with E-state index in [9.17, 15) is 0 Å². The van der Waals surface area contributed by atoms with E-state index in [1.807, 2.05) is 0 Å². The molecular formula is C18H35N3. The molecule has 0 radical (unpaired) electrons. The van der Waals surface area contributed by atoms with Gasteiger partial charge in [0, 0.05) is 44.8 Å². The number of nitrogens with zero attached hydrogens (tertiary/aromatic N) is 2. The van der Waals surface area contributed by atoms with Crippen molar-refractivity contribution in [2.75, 3.05) is 39.3 Å². The maximum Gasteiger partial charge on any atom is 0.0159 e. The minimum atomic E-state index is 0.482. The highest BCUT2D eigenvalue weighted by Crippen LogP contribution is 2.41. The first kappa shape index (κ1) is 15.8. The first-order chi connectivity index (χ1) is 10.1. The van der Waals surface area contributed by atoms with Gasteiger partial charge in [-0.2, -0.15) is 0 Å². The summed E-state index contributed by atoms with van der Waals surface area (Å²) in [5.74, 6) is 0.860. The van der Waals surface area contributed by atoms with Crippen LogP contribution in [-0.4, -0.2) is 61.2 Å². The van der Waals surface area contributed by atoms with Gasteiger partial charge in [-0.25, -0.2) is 0 Å². The van der Waals surface area contributed by atoms with E-state index in [0.717, 1.165) is 18.0 Å². The molecule has 3 aliphatic rings. The summed E-state index contributed by atoms with van der Waals surface area (Å²) >= 11 is 0. The molecule has 1 aliphatic heterocycles. The summed E-state index contributed by atoms with van der Waals surface area (Å²) in [6, 6.07) is 1.68. The molecular weight excluding hydrogens is 258 g/mol. The maximum absolute atomic E-state index is 3.86. The van der Waals surface area contributed by atoms with Crippen molar-refractivity contribution >= 4 is 0 Å². The molecule has 0 spiro atoms. The predicted molar refractivity (Wildman–Crippen MR) is 89.6 cm³/mol. The zero-order chi connectivity index (χ0) is 14.9. The molecule has 2 atom stereocenters. The summed E-state index contributed by atoms with van der Waals surface area (Å²) in [6.07, 6.45) is 6.97. The second-order valence-corrected chi connectivity index (χ2v) is 8.29. The van der Waals surface area contributed by atoms with Gasteiger partial charge in [0.05, 0.1) is 0 Å². The van der Waals surface area contributed by atoms with Crippen LogP contribution in [0.5, 0.6) is 0 Å². The molecule has 0 amide bonds. The normalized spacial score (nSPS) is 34.4. The van der Waals surface area contributed by atoms with Crippen LogP contribution in [0.4, 0.5) is 0 Å². The Bertz CT molecular complexity index is 329. The Kier molecular flexibility index (Phi) is 4.92. The Labute approximate surface area is 131 Å². The van der Waals surface area contributed by atoms with Crippen LogP contribution in [0.3, 0.4) is 0 Å². The monoisotopic (exact) mass is 293 g/mol. The zero-order valence-corrected chi connectivity index (χ0v) is 14.4. The van der Waals surface area contributed by atoms with Gasteiger partial charge in [-0.15, -0.1) is 0 Å². The van der Waals surface area contributed by atoms with Crippen LogP contribution in [0.2, 0.25) is 0 Å². The molecule has 3 rings (SSSR count). The molecule has 0 aromatic heterocycles. The van der Waals surface area contributed by atoms with Crippen LogP contribution in [0.25, 0.3) is 0 Å². The first-order valence-electron chi connectivity index (χ1n) is 9.30. The summed E-state index contributed by atoms with van der Waals surface area (Å²) in [5.41, 5.74) is 0.482. The van der Waals surface area contributed by atoms with E-state index in [2.05, 4.69) is 35.9 Å². The molecule has 0 aromatic carbocycles. The molecule has 21 heavy (non-hydrogen) atoms. The van der Waals surface area contributed by atoms with E-state index in [1.165, 1.54) is 71.4 Å². The first-order valence-corrected chi connectivity index (χ1v) is 9.30. The summed E-state index contributed by atoms with van der Waals surface area (Å²) in [5, 5.41) is 3.86. The number of rotatable bonds is 6. The van der Waals surface area contributed by atoms with E-state index in [4.69, 9.17) is 0 Å². The van der Waals surface area contributed by atoms with Crippen molar-refractivity contribution in [3.63, 3.8) is 0 Å². The third kappa shape index (κ3) is 3.80. The van der Waals surface area contributed by atoms with Crippen molar-refractivity contribution in [3.05, 3.63) is 0 Å². The van der Waals surface area contributed by atoms with Crippen LogP contribution in [0.1, 0.15) is 52.9 Å². The number of hydrogen-bond donors (Lipinski definition) is 1. The number of hydrogen-bond acceptors (Lipinski definition) is 3. The molecule has 1 N–H and O–H groups in total. The average molecular weight is 293 g/mol. The number of piperazine rings is 1. The predicted octanol–water partition coefficient (Wildman–Crippen LogP) is 2.57. The smallest absolute Gasteiger partial charge is 0.0159 e. The SMILES string of the molecule is CCCNC1C(CN2CCN(C3CC3)CC2)CCC1(C)C. The lowest BCUT2D eigenvalue weighted by molar-refractivity contribution is 0.103.